The molecule has 0 atom stereocenters. The SMILES string of the molecule is C=O.CC#N.CC#N.CC#N.CC#N.CC#N.[W]. The molecule has 0 aromatic carbocycles. The van der Waals surface area contributed by atoms with Crippen LogP contribution >= 0.6 is 0 Å². The molecule has 0 unspecified atom stereocenters. The Bertz CT molecular complexity index is 215. The average Bonchev–Trinajstić information content (AvgIpc) is 2.25. The van der Waals surface area contributed by atoms with Gasteiger partial charge in [-0.1, -0.05) is 0 Å². The predicted molar refractivity (Wildman–Crippen MR) is 63.6 cm³/mol. The van der Waals surface area contributed by atoms with Crippen LogP contribution in [0.25, 0.3) is 0 Å². The van der Waals surface area contributed by atoms with Crippen molar-refractivity contribution in [3.05, 3.63) is 0 Å². The molecule has 0 N–H and O–H groups in total. The predicted octanol–water partition coefficient (Wildman–Crippen LogP) is 2.46. The molecule has 0 fully saturated rings. The molecule has 0 aliphatic heterocycles. The molecule has 6 nitrogen and oxygen atoms in total. The van der Waals surface area contributed by atoms with Crippen LogP contribution in [-0.2, 0) is 25.9 Å². The molecule has 0 aliphatic carbocycles. The number of carbonyl (C=O) groups is 1. The number of rotatable bonds is 0. The summed E-state index contributed by atoms with van der Waals surface area (Å²) in [4.78, 5) is 8.00. The minimum Gasteiger partial charge on any atom is -0.307 e. The van der Waals surface area contributed by atoms with Crippen LogP contribution in [0, 0.1) is 56.7 Å². The summed E-state index contributed by atoms with van der Waals surface area (Å²) in [7, 11) is 0. The van der Waals surface area contributed by atoms with Gasteiger partial charge < -0.3 is 4.79 Å². The van der Waals surface area contributed by atoms with E-state index in [0.717, 1.165) is 0 Å². The number of carbonyl (C=O) groups excluding carboxylic acids is 1. The van der Waals surface area contributed by atoms with Gasteiger partial charge in [0.15, 0.2) is 0 Å². The van der Waals surface area contributed by atoms with E-state index in [9.17, 15) is 0 Å². The average molecular weight is 419 g/mol. The molecule has 0 aliphatic rings. The van der Waals surface area contributed by atoms with E-state index in [1.807, 2.05) is 6.79 Å². The Hall–Kier alpha value is -2.19. The second kappa shape index (κ2) is 358. The van der Waals surface area contributed by atoms with Crippen molar-refractivity contribution in [2.24, 2.45) is 0 Å². The van der Waals surface area contributed by atoms with Crippen molar-refractivity contribution in [3.8, 4) is 30.3 Å². The Labute approximate surface area is 124 Å². The Morgan fingerprint density at radius 3 is 0.556 bits per heavy atom. The van der Waals surface area contributed by atoms with Gasteiger partial charge >= 0.3 is 0 Å². The molecule has 0 bridgehead atoms. The molecule has 0 amide bonds. The van der Waals surface area contributed by atoms with Gasteiger partial charge in [0, 0.05) is 55.7 Å². The third-order valence-corrected chi connectivity index (χ3v) is 0. The standard InChI is InChI=1S/5C2H3N.CH2O.W/c5*1-2-3;1-2;/h5*1H3;1H2;. The summed E-state index contributed by atoms with van der Waals surface area (Å²) in [5, 5.41) is 36.6. The summed E-state index contributed by atoms with van der Waals surface area (Å²) < 4.78 is 0. The number of nitriles is 5. The Morgan fingerprint density at radius 2 is 0.556 bits per heavy atom. The van der Waals surface area contributed by atoms with E-state index in [-0.39, 0.29) is 21.1 Å². The van der Waals surface area contributed by atoms with Gasteiger partial charge in [0.2, 0.25) is 0 Å². The van der Waals surface area contributed by atoms with Gasteiger partial charge in [0.05, 0.1) is 30.3 Å². The minimum atomic E-state index is 0. The van der Waals surface area contributed by atoms with Gasteiger partial charge in [-0.25, -0.2) is 0 Å². The maximum atomic E-state index is 8.00. The van der Waals surface area contributed by atoms with Gasteiger partial charge in [0.25, 0.3) is 0 Å². The first kappa shape index (κ1) is 44.7. The fourth-order valence-electron chi connectivity index (χ4n) is 0. The van der Waals surface area contributed by atoms with Crippen LogP contribution in [0.5, 0.6) is 0 Å². The van der Waals surface area contributed by atoms with Crippen molar-refractivity contribution in [1.29, 1.82) is 26.3 Å². The third kappa shape index (κ3) is 472. The van der Waals surface area contributed by atoms with E-state index >= 15 is 0 Å². The zero-order valence-electron chi connectivity index (χ0n) is 11.3. The molecule has 0 saturated heterocycles. The minimum absolute atomic E-state index is 0. The normalized spacial score (nSPS) is 2.44. The molecular formula is C11H17N5OW. The van der Waals surface area contributed by atoms with E-state index < -0.39 is 0 Å². The fourth-order valence-corrected chi connectivity index (χ4v) is 0. The Balaban J connectivity index is -0.0000000160. The summed E-state index contributed by atoms with van der Waals surface area (Å²) in [5.41, 5.74) is 0. The second-order valence-corrected chi connectivity index (χ2v) is 1.12. The zero-order chi connectivity index (χ0) is 15.5. The van der Waals surface area contributed by atoms with Crippen molar-refractivity contribution in [2.75, 3.05) is 0 Å². The van der Waals surface area contributed by atoms with E-state index in [0.29, 0.717) is 0 Å². The van der Waals surface area contributed by atoms with Crippen molar-refractivity contribution < 1.29 is 25.9 Å². The molecule has 98 valence electrons. The smallest absolute Gasteiger partial charge is 0.106 e. The molecule has 18 heavy (non-hydrogen) atoms. The number of hydrogen-bond donors (Lipinski definition) is 0. The van der Waals surface area contributed by atoms with Crippen LogP contribution in [0.1, 0.15) is 34.6 Å². The van der Waals surface area contributed by atoms with Gasteiger partial charge in [-0.2, -0.15) is 26.3 Å². The van der Waals surface area contributed by atoms with Crippen molar-refractivity contribution in [3.63, 3.8) is 0 Å². The summed E-state index contributed by atoms with van der Waals surface area (Å²) in [6.07, 6.45) is 0. The number of nitrogens with zero attached hydrogens (tertiary/aromatic N) is 5. The summed E-state index contributed by atoms with van der Waals surface area (Å²) in [5.74, 6) is 0. The molecular weight excluding hydrogens is 402 g/mol. The molecule has 0 rings (SSSR count). The topological polar surface area (TPSA) is 136 Å². The van der Waals surface area contributed by atoms with E-state index in [2.05, 4.69) is 0 Å². The first-order chi connectivity index (χ1) is 8.07. The van der Waals surface area contributed by atoms with Crippen LogP contribution < -0.4 is 0 Å². The van der Waals surface area contributed by atoms with Crippen LogP contribution in [0.4, 0.5) is 0 Å². The second-order valence-electron chi connectivity index (χ2n) is 1.12. The molecule has 0 aromatic rings. The van der Waals surface area contributed by atoms with E-state index in [1.165, 1.54) is 34.6 Å². The fraction of sp³-hybridized carbons (Fsp3) is 0.455. The van der Waals surface area contributed by atoms with Gasteiger partial charge in [-0.3, -0.25) is 0 Å². The number of hydrogen-bond acceptors (Lipinski definition) is 6. The first-order valence-corrected chi connectivity index (χ1v) is 3.91. The van der Waals surface area contributed by atoms with Crippen LogP contribution in [-0.4, -0.2) is 6.79 Å². The van der Waals surface area contributed by atoms with Gasteiger partial charge in [-0.05, 0) is 0 Å². The largest absolute Gasteiger partial charge is 0.307 e. The van der Waals surface area contributed by atoms with Crippen molar-refractivity contribution in [2.45, 2.75) is 34.6 Å². The molecule has 0 spiro atoms. The van der Waals surface area contributed by atoms with Crippen LogP contribution in [0.2, 0.25) is 0 Å². The molecule has 7 heteroatoms. The molecule has 0 radical (unpaired) electrons. The van der Waals surface area contributed by atoms with Crippen LogP contribution in [0.15, 0.2) is 0 Å². The maximum absolute atomic E-state index is 8.00. The van der Waals surface area contributed by atoms with Gasteiger partial charge in [0.1, 0.15) is 6.79 Å². The van der Waals surface area contributed by atoms with Crippen LogP contribution in [0.3, 0.4) is 0 Å². The monoisotopic (exact) mass is 419 g/mol. The quantitative estimate of drug-likeness (QED) is 0.592. The van der Waals surface area contributed by atoms with Crippen molar-refractivity contribution in [1.82, 2.24) is 0 Å². The van der Waals surface area contributed by atoms with Crippen molar-refractivity contribution >= 4 is 6.79 Å². The molecule has 0 aromatic heterocycles. The third-order valence-electron chi connectivity index (χ3n) is 0. The Kier molecular flexibility index (Phi) is 889. The Morgan fingerprint density at radius 1 is 0.556 bits per heavy atom. The molecule has 0 heterocycles. The van der Waals surface area contributed by atoms with E-state index in [4.69, 9.17) is 31.1 Å². The first-order valence-electron chi connectivity index (χ1n) is 3.91. The summed E-state index contributed by atoms with van der Waals surface area (Å²) in [6.45, 7) is 9.15. The van der Waals surface area contributed by atoms with Gasteiger partial charge in [-0.15, -0.1) is 0 Å². The maximum Gasteiger partial charge on any atom is 0.106 e. The van der Waals surface area contributed by atoms with E-state index in [1.54, 1.807) is 30.3 Å². The molecule has 0 saturated carbocycles. The summed E-state index contributed by atoms with van der Waals surface area (Å²) in [6, 6.07) is 8.75. The zero-order valence-corrected chi connectivity index (χ0v) is 14.2. The summed E-state index contributed by atoms with van der Waals surface area (Å²) >= 11 is 0.